The summed E-state index contributed by atoms with van der Waals surface area (Å²) < 4.78 is 1.94. The molecule has 1 fully saturated rings. The Morgan fingerprint density at radius 1 is 1.29 bits per heavy atom. The molecule has 3 rings (SSSR count). The maximum Gasteiger partial charge on any atom is 0.272 e. The molecule has 0 bridgehead atoms. The monoisotopic (exact) mass is 291 g/mol. The van der Waals surface area contributed by atoms with Gasteiger partial charge >= 0.3 is 0 Å². The normalized spacial score (nSPS) is 18.8. The third-order valence-electron chi connectivity index (χ3n) is 4.00. The van der Waals surface area contributed by atoms with Gasteiger partial charge in [-0.05, 0) is 26.2 Å². The van der Waals surface area contributed by atoms with E-state index in [1.54, 1.807) is 13.1 Å². The molecule has 1 aromatic rings. The average Bonchev–Trinajstić information content (AvgIpc) is 3.15. The molecule has 0 radical (unpaired) electrons. The zero-order valence-corrected chi connectivity index (χ0v) is 12.3. The summed E-state index contributed by atoms with van der Waals surface area (Å²) in [4.78, 5) is 30.5. The number of aryl methyl sites for hydroxylation is 1. The van der Waals surface area contributed by atoms with Gasteiger partial charge in [-0.2, -0.15) is 0 Å². The van der Waals surface area contributed by atoms with Crippen LogP contribution in [0.2, 0.25) is 0 Å². The summed E-state index contributed by atoms with van der Waals surface area (Å²) in [5.74, 6) is 0.423. The topological polar surface area (TPSA) is 79.3 Å². The summed E-state index contributed by atoms with van der Waals surface area (Å²) in [5, 5.41) is 5.90. The first-order valence-corrected chi connectivity index (χ1v) is 7.56. The Bertz CT molecular complexity index is 524. The van der Waals surface area contributed by atoms with Gasteiger partial charge in [0, 0.05) is 32.4 Å². The van der Waals surface area contributed by atoms with Crippen molar-refractivity contribution in [2.45, 2.75) is 38.8 Å². The van der Waals surface area contributed by atoms with Crippen LogP contribution in [0.25, 0.3) is 0 Å². The molecule has 2 aliphatic rings. The molecular formula is C14H21N5O2. The van der Waals surface area contributed by atoms with Crippen LogP contribution in [0.3, 0.4) is 0 Å². The van der Waals surface area contributed by atoms with Crippen molar-refractivity contribution in [1.82, 2.24) is 19.8 Å². The van der Waals surface area contributed by atoms with E-state index in [0.717, 1.165) is 51.4 Å². The van der Waals surface area contributed by atoms with Gasteiger partial charge < -0.3 is 20.1 Å². The Morgan fingerprint density at radius 3 is 2.76 bits per heavy atom. The average molecular weight is 291 g/mol. The SMILES string of the molecule is CC(NC(=O)c1cn2c(n1)NCCC2)C(=O)N1CCCC1. The van der Waals surface area contributed by atoms with E-state index in [1.165, 1.54) is 0 Å². The molecule has 1 aromatic heterocycles. The second-order valence-corrected chi connectivity index (χ2v) is 5.65. The maximum absolute atomic E-state index is 12.2. The van der Waals surface area contributed by atoms with Gasteiger partial charge in [0.25, 0.3) is 5.91 Å². The number of imidazole rings is 1. The number of rotatable bonds is 3. The predicted molar refractivity (Wildman–Crippen MR) is 78.1 cm³/mol. The summed E-state index contributed by atoms with van der Waals surface area (Å²) in [5.41, 5.74) is 0.362. The number of nitrogens with one attached hydrogen (secondary N) is 2. The molecule has 3 heterocycles. The highest BCUT2D eigenvalue weighted by molar-refractivity contribution is 5.96. The lowest BCUT2D eigenvalue weighted by molar-refractivity contribution is -0.131. The molecule has 0 aliphatic carbocycles. The van der Waals surface area contributed by atoms with Crippen LogP contribution in [0.1, 0.15) is 36.7 Å². The molecule has 2 aliphatic heterocycles. The number of aromatic nitrogens is 2. The number of carbonyl (C=O) groups excluding carboxylic acids is 2. The fraction of sp³-hybridized carbons (Fsp3) is 0.643. The molecule has 2 N–H and O–H groups in total. The largest absolute Gasteiger partial charge is 0.356 e. The molecule has 1 saturated heterocycles. The van der Waals surface area contributed by atoms with Crippen LogP contribution in [0.4, 0.5) is 5.95 Å². The Morgan fingerprint density at radius 2 is 2.05 bits per heavy atom. The van der Waals surface area contributed by atoms with Gasteiger partial charge in [-0.15, -0.1) is 0 Å². The van der Waals surface area contributed by atoms with E-state index in [0.29, 0.717) is 5.69 Å². The Hall–Kier alpha value is -2.05. The van der Waals surface area contributed by atoms with Crippen molar-refractivity contribution >= 4 is 17.8 Å². The molecule has 0 spiro atoms. The number of fused-ring (bicyclic) bond motifs is 1. The van der Waals surface area contributed by atoms with Gasteiger partial charge in [-0.1, -0.05) is 0 Å². The van der Waals surface area contributed by atoms with E-state index in [1.807, 2.05) is 9.47 Å². The van der Waals surface area contributed by atoms with Crippen molar-refractivity contribution in [2.24, 2.45) is 0 Å². The van der Waals surface area contributed by atoms with Crippen molar-refractivity contribution in [2.75, 3.05) is 25.0 Å². The van der Waals surface area contributed by atoms with Crippen LogP contribution in [-0.2, 0) is 11.3 Å². The Balaban J connectivity index is 1.62. The molecule has 7 nitrogen and oxygen atoms in total. The van der Waals surface area contributed by atoms with E-state index in [4.69, 9.17) is 0 Å². The minimum absolute atomic E-state index is 0.0112. The molecule has 1 atom stereocenters. The van der Waals surface area contributed by atoms with Crippen LogP contribution in [0, 0.1) is 0 Å². The highest BCUT2D eigenvalue weighted by atomic mass is 16.2. The Labute approximate surface area is 123 Å². The predicted octanol–water partition coefficient (Wildman–Crippen LogP) is 0.439. The molecule has 7 heteroatoms. The summed E-state index contributed by atoms with van der Waals surface area (Å²) in [6.07, 6.45) is 4.86. The molecule has 0 aromatic carbocycles. The lowest BCUT2D eigenvalue weighted by Gasteiger charge is -2.20. The number of carbonyl (C=O) groups is 2. The number of likely N-dealkylation sites (tertiary alicyclic amines) is 1. The molecule has 21 heavy (non-hydrogen) atoms. The maximum atomic E-state index is 12.2. The van der Waals surface area contributed by atoms with Crippen LogP contribution in [-0.4, -0.2) is 51.9 Å². The highest BCUT2D eigenvalue weighted by Crippen LogP contribution is 2.14. The summed E-state index contributed by atoms with van der Waals surface area (Å²) in [7, 11) is 0. The number of anilines is 1. The lowest BCUT2D eigenvalue weighted by Crippen LogP contribution is -2.46. The van der Waals surface area contributed by atoms with Crippen molar-refractivity contribution in [3.8, 4) is 0 Å². The van der Waals surface area contributed by atoms with Crippen molar-refractivity contribution in [1.29, 1.82) is 0 Å². The van der Waals surface area contributed by atoms with Gasteiger partial charge in [0.2, 0.25) is 11.9 Å². The van der Waals surface area contributed by atoms with Crippen molar-refractivity contribution in [3.05, 3.63) is 11.9 Å². The van der Waals surface area contributed by atoms with Gasteiger partial charge in [0.05, 0.1) is 0 Å². The smallest absolute Gasteiger partial charge is 0.272 e. The molecule has 2 amide bonds. The summed E-state index contributed by atoms with van der Waals surface area (Å²) in [6.45, 7) is 5.06. The van der Waals surface area contributed by atoms with Crippen molar-refractivity contribution < 1.29 is 9.59 Å². The Kier molecular flexibility index (Phi) is 3.81. The number of hydrogen-bond donors (Lipinski definition) is 2. The van der Waals surface area contributed by atoms with Crippen LogP contribution >= 0.6 is 0 Å². The zero-order chi connectivity index (χ0) is 14.8. The summed E-state index contributed by atoms with van der Waals surface area (Å²) >= 11 is 0. The van der Waals surface area contributed by atoms with E-state index in [2.05, 4.69) is 15.6 Å². The number of amides is 2. The third kappa shape index (κ3) is 2.86. The first kappa shape index (κ1) is 13.9. The van der Waals surface area contributed by atoms with Crippen LogP contribution < -0.4 is 10.6 Å². The highest BCUT2D eigenvalue weighted by Gasteiger charge is 2.25. The summed E-state index contributed by atoms with van der Waals surface area (Å²) in [6, 6.07) is -0.512. The molecular weight excluding hydrogens is 270 g/mol. The van der Waals surface area contributed by atoms with E-state index >= 15 is 0 Å². The second kappa shape index (κ2) is 5.75. The van der Waals surface area contributed by atoms with Crippen LogP contribution in [0.15, 0.2) is 6.20 Å². The fourth-order valence-electron chi connectivity index (χ4n) is 2.83. The first-order valence-electron chi connectivity index (χ1n) is 7.56. The zero-order valence-electron chi connectivity index (χ0n) is 12.3. The van der Waals surface area contributed by atoms with Gasteiger partial charge in [-0.25, -0.2) is 4.98 Å². The minimum atomic E-state index is -0.512. The molecule has 114 valence electrons. The quantitative estimate of drug-likeness (QED) is 0.847. The van der Waals surface area contributed by atoms with Gasteiger partial charge in [-0.3, -0.25) is 9.59 Å². The lowest BCUT2D eigenvalue weighted by atomic mass is 10.2. The number of nitrogens with zero attached hydrogens (tertiary/aromatic N) is 3. The minimum Gasteiger partial charge on any atom is -0.356 e. The second-order valence-electron chi connectivity index (χ2n) is 5.65. The van der Waals surface area contributed by atoms with Gasteiger partial charge in [0.15, 0.2) is 0 Å². The third-order valence-corrected chi connectivity index (χ3v) is 4.00. The fourth-order valence-corrected chi connectivity index (χ4v) is 2.83. The van der Waals surface area contributed by atoms with Crippen LogP contribution in [0.5, 0.6) is 0 Å². The van der Waals surface area contributed by atoms with E-state index in [-0.39, 0.29) is 11.8 Å². The van der Waals surface area contributed by atoms with Crippen molar-refractivity contribution in [3.63, 3.8) is 0 Å². The first-order chi connectivity index (χ1) is 10.1. The standard InChI is InChI=1S/C14H21N5O2/c1-10(13(21)18-6-2-3-7-18)16-12(20)11-9-19-8-4-5-15-14(19)17-11/h9-10H,2-8H2,1H3,(H,15,17)(H,16,20). The van der Waals surface area contributed by atoms with Gasteiger partial charge in [0.1, 0.15) is 11.7 Å². The van der Waals surface area contributed by atoms with E-state index in [9.17, 15) is 9.59 Å². The van der Waals surface area contributed by atoms with E-state index < -0.39 is 6.04 Å². The molecule has 0 saturated carbocycles. The molecule has 1 unspecified atom stereocenters. The number of hydrogen-bond acceptors (Lipinski definition) is 4.